The number of carboxylic acid groups (broad SMARTS) is 1. The molecule has 0 unspecified atom stereocenters. The number of hydrogen-bond donors (Lipinski definition) is 3. The largest absolute Gasteiger partial charge is 0.480 e. The van der Waals surface area contributed by atoms with Gasteiger partial charge in [0.1, 0.15) is 11.9 Å². The monoisotopic (exact) mass is 423 g/mol. The second-order valence-corrected chi connectivity index (χ2v) is 8.84. The number of imidazole rings is 1. The molecule has 0 aromatic carbocycles. The van der Waals surface area contributed by atoms with E-state index in [1.54, 1.807) is 13.8 Å². The molecular weight excluding hydrogens is 374 g/mol. The lowest BCUT2D eigenvalue weighted by molar-refractivity contribution is -0.139. The summed E-state index contributed by atoms with van der Waals surface area (Å²) in [7, 11) is 0. The first-order valence-corrected chi connectivity index (χ1v) is 12.5. The molecule has 0 aliphatic carbocycles. The summed E-state index contributed by atoms with van der Waals surface area (Å²) in [4.78, 5) is 17.5. The maximum Gasteiger partial charge on any atom is 0.320 e. The van der Waals surface area contributed by atoms with Crippen molar-refractivity contribution in [2.75, 3.05) is 0 Å². The minimum atomic E-state index is -0.931. The molecule has 4 N–H and O–H groups in total. The van der Waals surface area contributed by atoms with Crippen LogP contribution in [-0.4, -0.2) is 27.1 Å². The van der Waals surface area contributed by atoms with Gasteiger partial charge in [-0.3, -0.25) is 4.79 Å². The van der Waals surface area contributed by atoms with Crippen molar-refractivity contribution >= 4 is 5.97 Å². The number of unbranched alkanes of at least 4 members (excludes halogenated alkanes) is 14. The lowest BCUT2D eigenvalue weighted by atomic mass is 10.0. The number of nitrogens with zero attached hydrogens (tertiary/aromatic N) is 1. The first kappa shape index (κ1) is 28.6. The van der Waals surface area contributed by atoms with E-state index in [9.17, 15) is 4.79 Å². The van der Waals surface area contributed by atoms with E-state index < -0.39 is 12.0 Å². The quantitative estimate of drug-likeness (QED) is 0.224. The third kappa shape index (κ3) is 18.7. The van der Waals surface area contributed by atoms with Crippen molar-refractivity contribution < 1.29 is 9.90 Å². The molecule has 1 rings (SSSR count). The Labute approximate surface area is 185 Å². The van der Waals surface area contributed by atoms with Crippen LogP contribution in [0.25, 0.3) is 0 Å². The molecule has 5 nitrogen and oxygen atoms in total. The van der Waals surface area contributed by atoms with Crippen molar-refractivity contribution in [3.8, 4) is 0 Å². The van der Waals surface area contributed by atoms with Crippen molar-refractivity contribution in [3.63, 3.8) is 0 Å². The second kappa shape index (κ2) is 20.9. The zero-order chi connectivity index (χ0) is 22.5. The van der Waals surface area contributed by atoms with Crippen LogP contribution in [0.3, 0.4) is 0 Å². The van der Waals surface area contributed by atoms with Gasteiger partial charge in [0.25, 0.3) is 0 Å². The van der Waals surface area contributed by atoms with Crippen molar-refractivity contribution in [2.24, 2.45) is 11.7 Å². The minimum Gasteiger partial charge on any atom is -0.480 e. The molecule has 0 aliphatic heterocycles. The van der Waals surface area contributed by atoms with E-state index in [0.717, 1.165) is 12.2 Å². The molecule has 1 heterocycles. The number of rotatable bonds is 18. The molecule has 0 bridgehead atoms. The van der Waals surface area contributed by atoms with Gasteiger partial charge in [-0.05, 0) is 12.3 Å². The summed E-state index contributed by atoms with van der Waals surface area (Å²) in [5.41, 5.74) is 5.16. The molecule has 0 radical (unpaired) electrons. The number of H-pyrrole nitrogens is 1. The summed E-state index contributed by atoms with van der Waals surface area (Å²) in [6.07, 6.45) is 26.3. The van der Waals surface area contributed by atoms with Crippen LogP contribution >= 0.6 is 0 Å². The highest BCUT2D eigenvalue weighted by atomic mass is 16.4. The van der Waals surface area contributed by atoms with Crippen molar-refractivity contribution in [2.45, 2.75) is 130 Å². The molecule has 1 aromatic rings. The number of hydrogen-bond acceptors (Lipinski definition) is 3. The molecule has 5 heteroatoms. The standard InChI is InChI=1S/C20H38N2.C5H11NO2/c1-2-3-4-5-6-7-8-9-10-11-12-13-14-15-16-17-20-21-18-19-22-20;1-3(2)4(6)5(7)8/h18-19H,2-17H2,1H3,(H,21,22);3-4H,6H2,1-2H3,(H,7,8)/t;4-/m.0/s1. The zero-order valence-corrected chi connectivity index (χ0v) is 20.0. The Bertz CT molecular complexity index is 475. The number of aryl methyl sites for hydroxylation is 1. The summed E-state index contributed by atoms with van der Waals surface area (Å²) < 4.78 is 0. The van der Waals surface area contributed by atoms with Crippen LogP contribution in [0.5, 0.6) is 0 Å². The van der Waals surface area contributed by atoms with Gasteiger partial charge >= 0.3 is 5.97 Å². The van der Waals surface area contributed by atoms with Gasteiger partial charge in [-0.25, -0.2) is 4.98 Å². The summed E-state index contributed by atoms with van der Waals surface area (Å²) in [5, 5.41) is 8.23. The maximum absolute atomic E-state index is 10.0. The fourth-order valence-corrected chi connectivity index (χ4v) is 3.38. The van der Waals surface area contributed by atoms with E-state index >= 15 is 0 Å². The van der Waals surface area contributed by atoms with Gasteiger partial charge in [-0.15, -0.1) is 0 Å². The molecule has 0 fully saturated rings. The third-order valence-corrected chi connectivity index (χ3v) is 5.58. The van der Waals surface area contributed by atoms with Gasteiger partial charge in [0.15, 0.2) is 0 Å². The van der Waals surface area contributed by atoms with Crippen LogP contribution in [0.1, 0.15) is 123 Å². The van der Waals surface area contributed by atoms with Gasteiger partial charge < -0.3 is 15.8 Å². The van der Waals surface area contributed by atoms with Crippen molar-refractivity contribution in [1.82, 2.24) is 9.97 Å². The van der Waals surface area contributed by atoms with E-state index in [1.807, 2.05) is 12.4 Å². The van der Waals surface area contributed by atoms with Crippen LogP contribution in [0.15, 0.2) is 12.4 Å². The predicted octanol–water partition coefficient (Wildman–Crippen LogP) is 6.88. The second-order valence-electron chi connectivity index (χ2n) is 8.84. The molecule has 1 aromatic heterocycles. The van der Waals surface area contributed by atoms with Crippen molar-refractivity contribution in [3.05, 3.63) is 18.2 Å². The molecule has 0 spiro atoms. The highest BCUT2D eigenvalue weighted by Gasteiger charge is 2.14. The first-order valence-electron chi connectivity index (χ1n) is 12.5. The topological polar surface area (TPSA) is 92.0 Å². The van der Waals surface area contributed by atoms with Gasteiger partial charge in [-0.1, -0.05) is 111 Å². The first-order chi connectivity index (χ1) is 14.5. The molecular formula is C25H49N3O2. The number of nitrogens with two attached hydrogens (primary N) is 1. The van der Waals surface area contributed by atoms with Crippen LogP contribution in [-0.2, 0) is 11.2 Å². The Kier molecular flexibility index (Phi) is 19.9. The fourth-order valence-electron chi connectivity index (χ4n) is 3.38. The molecule has 176 valence electrons. The number of nitrogens with one attached hydrogen (secondary N) is 1. The summed E-state index contributed by atoms with van der Waals surface area (Å²) in [5.74, 6) is 0.238. The van der Waals surface area contributed by atoms with Gasteiger partial charge in [-0.2, -0.15) is 0 Å². The minimum absolute atomic E-state index is 0.0208. The van der Waals surface area contributed by atoms with Crippen LogP contribution in [0.2, 0.25) is 0 Å². The van der Waals surface area contributed by atoms with E-state index in [4.69, 9.17) is 10.8 Å². The number of aromatic amines is 1. The Morgan fingerprint density at radius 1 is 0.900 bits per heavy atom. The van der Waals surface area contributed by atoms with E-state index in [2.05, 4.69) is 16.9 Å². The number of aromatic nitrogens is 2. The normalized spacial score (nSPS) is 11.9. The van der Waals surface area contributed by atoms with Crippen molar-refractivity contribution in [1.29, 1.82) is 0 Å². The van der Waals surface area contributed by atoms with Gasteiger partial charge in [0.2, 0.25) is 0 Å². The lowest BCUT2D eigenvalue weighted by Gasteiger charge is -2.07. The van der Waals surface area contributed by atoms with Crippen LogP contribution in [0.4, 0.5) is 0 Å². The van der Waals surface area contributed by atoms with E-state index in [1.165, 1.54) is 96.3 Å². The highest BCUT2D eigenvalue weighted by molar-refractivity contribution is 5.73. The average molecular weight is 424 g/mol. The Hall–Kier alpha value is -1.36. The predicted molar refractivity (Wildman–Crippen MR) is 128 cm³/mol. The average Bonchev–Trinajstić information content (AvgIpc) is 3.24. The van der Waals surface area contributed by atoms with Gasteiger partial charge in [0.05, 0.1) is 0 Å². The van der Waals surface area contributed by atoms with E-state index in [-0.39, 0.29) is 5.92 Å². The molecule has 0 saturated heterocycles. The molecule has 0 saturated carbocycles. The summed E-state index contributed by atoms with van der Waals surface area (Å²) in [6.45, 7) is 5.84. The Morgan fingerprint density at radius 2 is 1.33 bits per heavy atom. The number of aliphatic carboxylic acids is 1. The fraction of sp³-hybridized carbons (Fsp3) is 0.840. The lowest BCUT2D eigenvalue weighted by Crippen LogP contribution is -2.34. The number of carboxylic acids is 1. The number of carbonyl (C=O) groups is 1. The summed E-state index contributed by atoms with van der Waals surface area (Å²) in [6, 6.07) is -0.713. The molecule has 0 amide bonds. The molecule has 30 heavy (non-hydrogen) atoms. The van der Waals surface area contributed by atoms with E-state index in [0.29, 0.717) is 0 Å². The van der Waals surface area contributed by atoms with Crippen LogP contribution in [0, 0.1) is 5.92 Å². The zero-order valence-electron chi connectivity index (χ0n) is 20.0. The highest BCUT2D eigenvalue weighted by Crippen LogP contribution is 2.13. The third-order valence-electron chi connectivity index (χ3n) is 5.58. The Morgan fingerprint density at radius 3 is 1.63 bits per heavy atom. The molecule has 0 aliphatic rings. The smallest absolute Gasteiger partial charge is 0.320 e. The van der Waals surface area contributed by atoms with Gasteiger partial charge in [0, 0.05) is 18.8 Å². The SMILES string of the molecule is CC(C)[C@H](N)C(=O)O.CCCCCCCCCCCCCCCCCc1ncc[nH]1. The maximum atomic E-state index is 10.0. The Balaban J connectivity index is 0.000000890. The molecule has 1 atom stereocenters. The van der Waals surface area contributed by atoms with Crippen LogP contribution < -0.4 is 5.73 Å². The summed E-state index contributed by atoms with van der Waals surface area (Å²) >= 11 is 0.